The number of aliphatic hydroxyl groups excluding tert-OH is 1. The van der Waals surface area contributed by atoms with E-state index in [-0.39, 0.29) is 24.5 Å². The smallest absolute Gasteiger partial charge is 0.243 e. The number of aliphatic hydroxyl groups is 1. The fourth-order valence-corrected chi connectivity index (χ4v) is 5.73. The van der Waals surface area contributed by atoms with Crippen LogP contribution in [0.5, 0.6) is 0 Å². The third-order valence-corrected chi connectivity index (χ3v) is 7.68. The molecule has 2 aromatic heterocycles. The molecule has 0 spiro atoms. The van der Waals surface area contributed by atoms with Crippen LogP contribution in [0.4, 0.5) is 4.39 Å². The van der Waals surface area contributed by atoms with Gasteiger partial charge in [-0.05, 0) is 48.5 Å². The van der Waals surface area contributed by atoms with Gasteiger partial charge in [0.1, 0.15) is 11.6 Å². The zero-order chi connectivity index (χ0) is 23.7. The molecule has 0 saturated carbocycles. The maximum atomic E-state index is 13.4. The minimum Gasteiger partial charge on any atom is -0.468 e. The Balaban J connectivity index is 1.47. The van der Waals surface area contributed by atoms with E-state index < -0.39 is 21.9 Å². The molecule has 0 unspecified atom stereocenters. The second kappa shape index (κ2) is 9.06. The number of aromatic nitrogens is 1. The number of furan rings is 1. The Morgan fingerprint density at radius 1 is 0.882 bits per heavy atom. The number of para-hydroxylation sites is 2. The number of benzene rings is 3. The first-order valence-corrected chi connectivity index (χ1v) is 12.3. The molecule has 2 heterocycles. The molecule has 6 nitrogen and oxygen atoms in total. The van der Waals surface area contributed by atoms with Crippen molar-refractivity contribution >= 4 is 31.8 Å². The second-order valence-corrected chi connectivity index (χ2v) is 10.1. The van der Waals surface area contributed by atoms with E-state index in [1.165, 1.54) is 18.4 Å². The molecule has 0 aliphatic rings. The molecular weight excluding hydrogens is 455 g/mol. The zero-order valence-corrected chi connectivity index (χ0v) is 19.0. The van der Waals surface area contributed by atoms with E-state index in [1.54, 1.807) is 12.1 Å². The minimum atomic E-state index is -4.02. The molecule has 5 aromatic rings. The fourth-order valence-electron chi connectivity index (χ4n) is 4.28. The molecule has 0 radical (unpaired) electrons. The topological polar surface area (TPSA) is 75.7 Å². The molecular formula is C26H23FN2O4S. The van der Waals surface area contributed by atoms with Gasteiger partial charge in [-0.25, -0.2) is 12.8 Å². The second-order valence-electron chi connectivity index (χ2n) is 8.13. The molecule has 0 aliphatic heterocycles. The number of rotatable bonds is 8. The zero-order valence-electron chi connectivity index (χ0n) is 18.2. The highest BCUT2D eigenvalue weighted by molar-refractivity contribution is 7.89. The SMILES string of the molecule is O=S(=O)(c1ccc(F)cc1)N(Cc1ccco1)C[C@H](O)Cn1c2ccccc2c2ccccc21. The summed E-state index contributed by atoms with van der Waals surface area (Å²) in [7, 11) is -4.02. The van der Waals surface area contributed by atoms with Gasteiger partial charge in [-0.2, -0.15) is 4.31 Å². The van der Waals surface area contributed by atoms with E-state index in [2.05, 4.69) is 0 Å². The van der Waals surface area contributed by atoms with E-state index in [9.17, 15) is 17.9 Å². The number of hydrogen-bond donors (Lipinski definition) is 1. The molecule has 1 atom stereocenters. The molecule has 0 fully saturated rings. The third-order valence-electron chi connectivity index (χ3n) is 5.85. The van der Waals surface area contributed by atoms with Gasteiger partial charge in [-0.1, -0.05) is 36.4 Å². The van der Waals surface area contributed by atoms with Crippen LogP contribution in [-0.2, 0) is 23.1 Å². The molecule has 0 amide bonds. The number of halogens is 1. The molecule has 0 bridgehead atoms. The summed E-state index contributed by atoms with van der Waals surface area (Å²) in [5.41, 5.74) is 1.92. The lowest BCUT2D eigenvalue weighted by Gasteiger charge is -2.24. The summed E-state index contributed by atoms with van der Waals surface area (Å²) in [4.78, 5) is -0.0514. The van der Waals surface area contributed by atoms with E-state index in [0.29, 0.717) is 5.76 Å². The number of fused-ring (bicyclic) bond motifs is 3. The van der Waals surface area contributed by atoms with Crippen molar-refractivity contribution in [1.82, 2.24) is 8.87 Å². The highest BCUT2D eigenvalue weighted by Gasteiger charge is 2.28. The highest BCUT2D eigenvalue weighted by atomic mass is 32.2. The van der Waals surface area contributed by atoms with Crippen molar-refractivity contribution in [2.24, 2.45) is 0 Å². The first kappa shape index (κ1) is 22.3. The van der Waals surface area contributed by atoms with Crippen molar-refractivity contribution in [2.75, 3.05) is 6.54 Å². The molecule has 8 heteroatoms. The van der Waals surface area contributed by atoms with E-state index >= 15 is 0 Å². The molecule has 0 aliphatic carbocycles. The van der Waals surface area contributed by atoms with Crippen molar-refractivity contribution in [3.05, 3.63) is 103 Å². The van der Waals surface area contributed by atoms with Crippen LogP contribution in [0, 0.1) is 5.82 Å². The monoisotopic (exact) mass is 478 g/mol. The Hall–Kier alpha value is -3.46. The predicted molar refractivity (Wildman–Crippen MR) is 128 cm³/mol. The van der Waals surface area contributed by atoms with Gasteiger partial charge >= 0.3 is 0 Å². The van der Waals surface area contributed by atoms with Crippen LogP contribution in [0.15, 0.2) is 101 Å². The predicted octanol–water partition coefficient (Wildman–Crippen LogP) is 4.78. The van der Waals surface area contributed by atoms with Crippen molar-refractivity contribution in [3.63, 3.8) is 0 Å². The fraction of sp³-hybridized carbons (Fsp3) is 0.154. The van der Waals surface area contributed by atoms with Crippen LogP contribution in [0.25, 0.3) is 21.8 Å². The maximum Gasteiger partial charge on any atom is 0.243 e. The Kier molecular flexibility index (Phi) is 5.95. The molecule has 3 aromatic carbocycles. The van der Waals surface area contributed by atoms with Gasteiger partial charge in [-0.3, -0.25) is 0 Å². The van der Waals surface area contributed by atoms with Gasteiger partial charge in [0, 0.05) is 28.4 Å². The van der Waals surface area contributed by atoms with E-state index in [1.807, 2.05) is 53.1 Å². The lowest BCUT2D eigenvalue weighted by Crippen LogP contribution is -2.38. The van der Waals surface area contributed by atoms with Crippen molar-refractivity contribution < 1.29 is 22.3 Å². The molecule has 174 valence electrons. The lowest BCUT2D eigenvalue weighted by molar-refractivity contribution is 0.126. The lowest BCUT2D eigenvalue weighted by atomic mass is 10.2. The summed E-state index contributed by atoms with van der Waals surface area (Å²) < 4.78 is 48.7. The quantitative estimate of drug-likeness (QED) is 0.348. The number of hydrogen-bond acceptors (Lipinski definition) is 4. The van der Waals surface area contributed by atoms with Gasteiger partial charge in [0.15, 0.2) is 0 Å². The Morgan fingerprint density at radius 3 is 2.09 bits per heavy atom. The molecule has 1 N–H and O–H groups in total. The van der Waals surface area contributed by atoms with E-state index in [4.69, 9.17) is 4.42 Å². The van der Waals surface area contributed by atoms with Crippen LogP contribution < -0.4 is 0 Å². The molecule has 5 rings (SSSR count). The average Bonchev–Trinajstić information content (AvgIpc) is 3.46. The summed E-state index contributed by atoms with van der Waals surface area (Å²) >= 11 is 0. The van der Waals surface area contributed by atoms with Gasteiger partial charge in [-0.15, -0.1) is 0 Å². The summed E-state index contributed by atoms with van der Waals surface area (Å²) in [5, 5.41) is 13.2. The van der Waals surface area contributed by atoms with Crippen LogP contribution in [0.2, 0.25) is 0 Å². The largest absolute Gasteiger partial charge is 0.468 e. The molecule has 0 saturated heterocycles. The van der Waals surface area contributed by atoms with Crippen LogP contribution in [0.3, 0.4) is 0 Å². The van der Waals surface area contributed by atoms with Gasteiger partial charge in [0.2, 0.25) is 10.0 Å². The van der Waals surface area contributed by atoms with Crippen LogP contribution >= 0.6 is 0 Å². The summed E-state index contributed by atoms with van der Waals surface area (Å²) in [6.45, 7) is -0.0280. The molecule has 34 heavy (non-hydrogen) atoms. The van der Waals surface area contributed by atoms with Gasteiger partial charge in [0.05, 0.1) is 30.4 Å². The number of nitrogens with zero attached hydrogens (tertiary/aromatic N) is 2. The van der Waals surface area contributed by atoms with Gasteiger partial charge in [0.25, 0.3) is 0 Å². The van der Waals surface area contributed by atoms with Crippen LogP contribution in [0.1, 0.15) is 5.76 Å². The Bertz CT molecular complexity index is 1470. The maximum absolute atomic E-state index is 13.4. The highest BCUT2D eigenvalue weighted by Crippen LogP contribution is 2.29. The van der Waals surface area contributed by atoms with Crippen LogP contribution in [-0.4, -0.2) is 35.0 Å². The third kappa shape index (κ3) is 4.23. The minimum absolute atomic E-state index is 0.0514. The van der Waals surface area contributed by atoms with Crippen molar-refractivity contribution in [1.29, 1.82) is 0 Å². The van der Waals surface area contributed by atoms with Crippen molar-refractivity contribution in [3.8, 4) is 0 Å². The first-order chi connectivity index (χ1) is 16.4. The summed E-state index contributed by atoms with van der Waals surface area (Å²) in [5.74, 6) is -0.0855. The van der Waals surface area contributed by atoms with Gasteiger partial charge < -0.3 is 14.1 Å². The van der Waals surface area contributed by atoms with E-state index in [0.717, 1.165) is 38.2 Å². The Morgan fingerprint density at radius 2 is 1.50 bits per heavy atom. The van der Waals surface area contributed by atoms with Crippen molar-refractivity contribution in [2.45, 2.75) is 24.1 Å². The standard InChI is InChI=1S/C26H23FN2O4S/c27-19-11-13-22(14-12-19)34(31,32)28(18-21-6-5-15-33-21)16-20(30)17-29-25-9-3-1-7-23(25)24-8-2-4-10-26(24)29/h1-15,20,30H,16-18H2/t20-/m0/s1. The summed E-state index contributed by atoms with van der Waals surface area (Å²) in [6, 6.07) is 23.8. The first-order valence-electron chi connectivity index (χ1n) is 10.9. The Labute approximate surface area is 196 Å². The number of sulfonamides is 1. The summed E-state index contributed by atoms with van der Waals surface area (Å²) in [6.07, 6.45) is 0.455. The average molecular weight is 479 g/mol. The normalized spacial score (nSPS) is 13.1.